The Labute approximate surface area is 178 Å². The van der Waals surface area contributed by atoms with Crippen LogP contribution in [-0.4, -0.2) is 29.2 Å². The monoisotopic (exact) mass is 441 g/mol. The Balaban J connectivity index is 1.54. The minimum Gasteiger partial charge on any atom is -0.497 e. The molecule has 152 valence electrons. The maximum Gasteiger partial charge on any atom is 0.265 e. The Kier molecular flexibility index (Phi) is 4.44. The van der Waals surface area contributed by atoms with E-state index in [1.807, 2.05) is 24.3 Å². The molecule has 2 aromatic carbocycles. The largest absolute Gasteiger partial charge is 0.497 e. The summed E-state index contributed by atoms with van der Waals surface area (Å²) < 4.78 is 18.0. The van der Waals surface area contributed by atoms with Crippen LogP contribution in [0.15, 0.2) is 41.2 Å². The maximum atomic E-state index is 12.9. The normalized spacial score (nSPS) is 12.4. The number of rotatable bonds is 4. The topological polar surface area (TPSA) is 94.1 Å². The zero-order valence-corrected chi connectivity index (χ0v) is 17.3. The van der Waals surface area contributed by atoms with Crippen LogP contribution in [0, 0.1) is 3.95 Å². The molecule has 5 rings (SSSR count). The van der Waals surface area contributed by atoms with Crippen molar-refractivity contribution in [2.24, 2.45) is 0 Å². The number of methoxy groups -OCH3 is 1. The van der Waals surface area contributed by atoms with Crippen molar-refractivity contribution in [3.63, 3.8) is 0 Å². The third kappa shape index (κ3) is 3.01. The van der Waals surface area contributed by atoms with Gasteiger partial charge >= 0.3 is 0 Å². The molecule has 1 amide bonds. The number of ether oxygens (including phenoxy) is 3. The van der Waals surface area contributed by atoms with E-state index >= 15 is 0 Å². The second-order valence-electron chi connectivity index (χ2n) is 6.59. The molecule has 30 heavy (non-hydrogen) atoms. The Morgan fingerprint density at radius 2 is 2.00 bits per heavy atom. The summed E-state index contributed by atoms with van der Waals surface area (Å²) in [5.74, 6) is 1.46. The average molecular weight is 441 g/mol. The van der Waals surface area contributed by atoms with Crippen LogP contribution in [0.2, 0.25) is 0 Å². The van der Waals surface area contributed by atoms with E-state index < -0.39 is 0 Å². The fraction of sp³-hybridized carbons (Fsp3) is 0.150. The molecule has 0 unspecified atom stereocenters. The number of aromatic amines is 1. The lowest BCUT2D eigenvalue weighted by atomic mass is 10.2. The molecule has 8 nitrogen and oxygen atoms in total. The van der Waals surface area contributed by atoms with E-state index in [4.69, 9.17) is 26.4 Å². The number of fused-ring (bicyclic) bond motifs is 4. The molecular formula is C20H15N3O5S2. The minimum absolute atomic E-state index is 0.0980. The van der Waals surface area contributed by atoms with Crippen molar-refractivity contribution < 1.29 is 19.0 Å². The van der Waals surface area contributed by atoms with Crippen LogP contribution in [-0.2, 0) is 6.54 Å². The van der Waals surface area contributed by atoms with Gasteiger partial charge in [0.2, 0.25) is 6.79 Å². The lowest BCUT2D eigenvalue weighted by Gasteiger charge is -2.07. The van der Waals surface area contributed by atoms with Gasteiger partial charge in [0.1, 0.15) is 16.3 Å². The zero-order chi connectivity index (χ0) is 20.8. The molecular weight excluding hydrogens is 426 g/mol. The first-order valence-corrected chi connectivity index (χ1v) is 10.2. The van der Waals surface area contributed by atoms with Crippen molar-refractivity contribution in [2.45, 2.75) is 6.54 Å². The molecule has 0 aliphatic carbocycles. The first kappa shape index (κ1) is 18.6. The van der Waals surface area contributed by atoms with Gasteiger partial charge in [0.25, 0.3) is 11.5 Å². The van der Waals surface area contributed by atoms with Gasteiger partial charge in [-0.3, -0.25) is 14.0 Å². The van der Waals surface area contributed by atoms with Gasteiger partial charge in [0.15, 0.2) is 15.5 Å². The van der Waals surface area contributed by atoms with E-state index in [1.165, 1.54) is 0 Å². The molecule has 0 bridgehead atoms. The Bertz CT molecular complexity index is 1420. The molecule has 0 spiro atoms. The van der Waals surface area contributed by atoms with Crippen LogP contribution < -0.4 is 25.1 Å². The number of benzene rings is 2. The molecule has 2 aromatic heterocycles. The van der Waals surface area contributed by atoms with Crippen molar-refractivity contribution >= 4 is 46.0 Å². The van der Waals surface area contributed by atoms with E-state index in [2.05, 4.69) is 10.3 Å². The minimum atomic E-state index is -0.333. The molecule has 0 fully saturated rings. The van der Waals surface area contributed by atoms with Gasteiger partial charge < -0.3 is 24.5 Å². The summed E-state index contributed by atoms with van der Waals surface area (Å²) in [6.45, 7) is 0.427. The van der Waals surface area contributed by atoms with Gasteiger partial charge in [0, 0.05) is 12.6 Å². The Hall–Kier alpha value is -3.37. The molecule has 10 heteroatoms. The fourth-order valence-electron chi connectivity index (χ4n) is 3.34. The third-order valence-corrected chi connectivity index (χ3v) is 6.21. The first-order chi connectivity index (χ1) is 14.5. The summed E-state index contributed by atoms with van der Waals surface area (Å²) in [7, 11) is 1.60. The number of H-pyrrole nitrogens is 1. The predicted octanol–water partition coefficient (Wildman–Crippen LogP) is 3.24. The van der Waals surface area contributed by atoms with Crippen LogP contribution in [0.3, 0.4) is 0 Å². The molecule has 4 aromatic rings. The zero-order valence-electron chi connectivity index (χ0n) is 15.7. The Morgan fingerprint density at radius 1 is 1.27 bits per heavy atom. The molecule has 1 aliphatic rings. The van der Waals surface area contributed by atoms with E-state index in [9.17, 15) is 9.59 Å². The molecule has 2 N–H and O–H groups in total. The molecule has 0 saturated carbocycles. The molecule has 0 atom stereocenters. The summed E-state index contributed by atoms with van der Waals surface area (Å²) >= 11 is 6.63. The number of amides is 1. The highest BCUT2D eigenvalue weighted by atomic mass is 32.1. The second kappa shape index (κ2) is 7.15. The van der Waals surface area contributed by atoms with Crippen molar-refractivity contribution in [2.75, 3.05) is 13.9 Å². The molecule has 1 aliphatic heterocycles. The summed E-state index contributed by atoms with van der Waals surface area (Å²) in [4.78, 5) is 28.7. The van der Waals surface area contributed by atoms with Gasteiger partial charge in [-0.25, -0.2) is 0 Å². The number of carbonyl (C=O) groups excluding carboxylic acids is 1. The number of carbonyl (C=O) groups is 1. The van der Waals surface area contributed by atoms with Crippen LogP contribution >= 0.6 is 23.6 Å². The lowest BCUT2D eigenvalue weighted by molar-refractivity contribution is 0.0956. The standard InChI is InChI=1S/C20H15N3O5S2/c1-26-11-4-2-10(3-5-11)8-21-19(25)16-17-22-18(24)12-6-14-15(28-9-27-14)7-13(12)23(17)20(29)30-16/h2-7H,8-9H2,1H3,(H,21,25)(H,22,24). The highest BCUT2D eigenvalue weighted by Gasteiger charge is 2.21. The van der Waals surface area contributed by atoms with Crippen molar-refractivity contribution in [1.82, 2.24) is 14.7 Å². The van der Waals surface area contributed by atoms with Gasteiger partial charge in [-0.1, -0.05) is 23.5 Å². The highest BCUT2D eigenvalue weighted by Crippen LogP contribution is 2.36. The summed E-state index contributed by atoms with van der Waals surface area (Å²) in [6, 6.07) is 10.7. The summed E-state index contributed by atoms with van der Waals surface area (Å²) in [5, 5.41) is 3.28. The van der Waals surface area contributed by atoms with Crippen molar-refractivity contribution in [1.29, 1.82) is 0 Å². The van der Waals surface area contributed by atoms with E-state index in [0.717, 1.165) is 22.6 Å². The highest BCUT2D eigenvalue weighted by molar-refractivity contribution is 7.73. The smallest absolute Gasteiger partial charge is 0.265 e. The summed E-state index contributed by atoms with van der Waals surface area (Å²) in [6.07, 6.45) is 0. The van der Waals surface area contributed by atoms with Gasteiger partial charge in [-0.2, -0.15) is 0 Å². The third-order valence-electron chi connectivity index (χ3n) is 4.84. The van der Waals surface area contributed by atoms with E-state index in [-0.39, 0.29) is 18.3 Å². The number of hydrogen-bond donors (Lipinski definition) is 2. The van der Waals surface area contributed by atoms with Crippen LogP contribution in [0.1, 0.15) is 15.2 Å². The van der Waals surface area contributed by atoms with Gasteiger partial charge in [0.05, 0.1) is 18.0 Å². The number of thiazole rings is 1. The quantitative estimate of drug-likeness (QED) is 0.472. The number of nitrogens with one attached hydrogen (secondary N) is 2. The summed E-state index contributed by atoms with van der Waals surface area (Å²) in [5.41, 5.74) is 1.50. The molecule has 0 radical (unpaired) electrons. The predicted molar refractivity (Wildman–Crippen MR) is 115 cm³/mol. The maximum absolute atomic E-state index is 12.9. The lowest BCUT2D eigenvalue weighted by Crippen LogP contribution is -2.23. The number of hydrogen-bond acceptors (Lipinski definition) is 7. The molecule has 0 saturated heterocycles. The molecule has 3 heterocycles. The van der Waals surface area contributed by atoms with Crippen molar-refractivity contribution in [3.05, 3.63) is 61.1 Å². The van der Waals surface area contributed by atoms with E-state index in [1.54, 1.807) is 23.6 Å². The Morgan fingerprint density at radius 3 is 2.73 bits per heavy atom. The fourth-order valence-corrected chi connectivity index (χ4v) is 4.64. The van der Waals surface area contributed by atoms with Crippen LogP contribution in [0.5, 0.6) is 17.2 Å². The SMILES string of the molecule is COc1ccc(CNC(=O)c2sc(=S)n3c2[nH]c(=O)c2cc4c(cc23)OCO4)cc1. The average Bonchev–Trinajstić information content (AvgIpc) is 3.35. The van der Waals surface area contributed by atoms with Gasteiger partial charge in [-0.15, -0.1) is 0 Å². The van der Waals surface area contributed by atoms with Crippen molar-refractivity contribution in [3.8, 4) is 17.2 Å². The van der Waals surface area contributed by atoms with Crippen LogP contribution in [0.25, 0.3) is 16.6 Å². The first-order valence-electron chi connectivity index (χ1n) is 8.97. The number of nitrogens with zero attached hydrogens (tertiary/aromatic N) is 1. The van der Waals surface area contributed by atoms with Gasteiger partial charge in [-0.05, 0) is 36.0 Å². The van der Waals surface area contributed by atoms with Crippen LogP contribution in [0.4, 0.5) is 0 Å². The van der Waals surface area contributed by atoms with E-state index in [0.29, 0.717) is 43.4 Å². The second-order valence-corrected chi connectivity index (χ2v) is 8.23. The number of aromatic nitrogens is 2.